The molecule has 0 aliphatic heterocycles. The van der Waals surface area contributed by atoms with Crippen molar-refractivity contribution in [3.05, 3.63) is 53.6 Å². The predicted octanol–water partition coefficient (Wildman–Crippen LogP) is 1.96. The Balaban J connectivity index is 2.24. The highest BCUT2D eigenvalue weighted by Gasteiger charge is 2.10. The van der Waals surface area contributed by atoms with E-state index in [9.17, 15) is 13.5 Å². The minimum atomic E-state index is -3.72. The molecule has 0 saturated carbocycles. The fraction of sp³-hybridized carbons (Fsp3) is 0.143. The van der Waals surface area contributed by atoms with Gasteiger partial charge in [0.2, 0.25) is 10.0 Å². The van der Waals surface area contributed by atoms with E-state index in [0.29, 0.717) is 12.2 Å². The Morgan fingerprint density at radius 2 is 1.90 bits per heavy atom. The largest absolute Gasteiger partial charge is 0.508 e. The highest BCUT2D eigenvalue weighted by Crippen LogP contribution is 2.22. The quantitative estimate of drug-likeness (QED) is 0.803. The van der Waals surface area contributed by atoms with Gasteiger partial charge in [-0.15, -0.1) is 0 Å². The third-order valence-electron chi connectivity index (χ3n) is 3.00. The number of sulfonamides is 1. The van der Waals surface area contributed by atoms with Crippen LogP contribution in [0.2, 0.25) is 0 Å². The average molecular weight is 292 g/mol. The van der Waals surface area contributed by atoms with E-state index in [4.69, 9.17) is 5.14 Å². The lowest BCUT2D eigenvalue weighted by Crippen LogP contribution is -2.13. The number of nitrogens with two attached hydrogens (primary N) is 1. The Morgan fingerprint density at radius 3 is 2.55 bits per heavy atom. The summed E-state index contributed by atoms with van der Waals surface area (Å²) in [5.41, 5.74) is 2.29. The summed E-state index contributed by atoms with van der Waals surface area (Å²) in [5.74, 6) is 0.195. The molecule has 2 aromatic rings. The van der Waals surface area contributed by atoms with Crippen molar-refractivity contribution in [2.24, 2.45) is 5.14 Å². The minimum absolute atomic E-state index is 0.0582. The molecule has 0 fully saturated rings. The molecule has 5 nitrogen and oxygen atoms in total. The van der Waals surface area contributed by atoms with Gasteiger partial charge in [0.15, 0.2) is 0 Å². The summed E-state index contributed by atoms with van der Waals surface area (Å²) in [5, 5.41) is 17.9. The number of anilines is 1. The Hall–Kier alpha value is -2.05. The first kappa shape index (κ1) is 14.4. The van der Waals surface area contributed by atoms with Gasteiger partial charge >= 0.3 is 0 Å². The molecule has 0 unspecified atom stereocenters. The van der Waals surface area contributed by atoms with Gasteiger partial charge in [-0.2, -0.15) is 0 Å². The number of nitrogens with one attached hydrogen (secondary N) is 1. The van der Waals surface area contributed by atoms with Gasteiger partial charge in [-0.05, 0) is 30.7 Å². The van der Waals surface area contributed by atoms with Crippen molar-refractivity contribution in [2.45, 2.75) is 18.4 Å². The Morgan fingerprint density at radius 1 is 1.20 bits per heavy atom. The second-order valence-electron chi connectivity index (χ2n) is 4.50. The van der Waals surface area contributed by atoms with Crippen LogP contribution in [0.25, 0.3) is 0 Å². The van der Waals surface area contributed by atoms with Crippen LogP contribution in [0.5, 0.6) is 5.75 Å². The van der Waals surface area contributed by atoms with E-state index in [1.165, 1.54) is 12.1 Å². The van der Waals surface area contributed by atoms with Gasteiger partial charge in [0.25, 0.3) is 0 Å². The van der Waals surface area contributed by atoms with E-state index in [0.717, 1.165) is 11.1 Å². The molecule has 0 aliphatic rings. The zero-order chi connectivity index (χ0) is 14.8. The molecule has 0 radical (unpaired) electrons. The number of para-hydroxylation sites is 1. The molecule has 0 aliphatic carbocycles. The number of phenols is 1. The summed E-state index contributed by atoms with van der Waals surface area (Å²) in [6.07, 6.45) is 0. The third kappa shape index (κ3) is 3.28. The molecule has 2 rings (SSSR count). The monoisotopic (exact) mass is 292 g/mol. The smallest absolute Gasteiger partial charge is 0.238 e. The normalized spacial score (nSPS) is 11.3. The first-order valence-electron chi connectivity index (χ1n) is 6.02. The van der Waals surface area contributed by atoms with Gasteiger partial charge in [0, 0.05) is 17.8 Å². The predicted molar refractivity (Wildman–Crippen MR) is 78.0 cm³/mol. The van der Waals surface area contributed by atoms with Crippen molar-refractivity contribution in [2.75, 3.05) is 5.32 Å². The summed E-state index contributed by atoms with van der Waals surface area (Å²) in [7, 11) is -3.72. The zero-order valence-corrected chi connectivity index (χ0v) is 11.8. The van der Waals surface area contributed by atoms with E-state index in [-0.39, 0.29) is 10.6 Å². The summed E-state index contributed by atoms with van der Waals surface area (Å²) in [6.45, 7) is 2.25. The van der Waals surface area contributed by atoms with Crippen molar-refractivity contribution in [1.29, 1.82) is 0 Å². The molecule has 106 valence electrons. The summed E-state index contributed by atoms with van der Waals surface area (Å²) in [6, 6.07) is 11.6. The first-order chi connectivity index (χ1) is 9.38. The van der Waals surface area contributed by atoms with Crippen molar-refractivity contribution in [1.82, 2.24) is 0 Å². The minimum Gasteiger partial charge on any atom is -0.508 e. The molecule has 0 heterocycles. The summed E-state index contributed by atoms with van der Waals surface area (Å²) >= 11 is 0. The average Bonchev–Trinajstić information content (AvgIpc) is 2.38. The number of aryl methyl sites for hydroxylation is 1. The topological polar surface area (TPSA) is 92.4 Å². The van der Waals surface area contributed by atoms with Crippen molar-refractivity contribution >= 4 is 15.7 Å². The van der Waals surface area contributed by atoms with Crippen LogP contribution >= 0.6 is 0 Å². The molecule has 0 aromatic heterocycles. The lowest BCUT2D eigenvalue weighted by molar-refractivity contribution is 0.469. The molecule has 0 amide bonds. The second kappa shape index (κ2) is 5.52. The highest BCUT2D eigenvalue weighted by molar-refractivity contribution is 7.89. The standard InChI is InChI=1S/C14H16N2O3S/c1-10-6-7-12(20(15,18)19)8-13(10)16-9-11-4-2-3-5-14(11)17/h2-8,16-17H,9H2,1H3,(H2,15,18,19). The van der Waals surface area contributed by atoms with Gasteiger partial charge in [-0.1, -0.05) is 24.3 Å². The van der Waals surface area contributed by atoms with Crippen LogP contribution < -0.4 is 10.5 Å². The molecule has 20 heavy (non-hydrogen) atoms. The van der Waals surface area contributed by atoms with E-state index in [1.54, 1.807) is 24.3 Å². The second-order valence-corrected chi connectivity index (χ2v) is 6.07. The fourth-order valence-electron chi connectivity index (χ4n) is 1.82. The van der Waals surface area contributed by atoms with Crippen molar-refractivity contribution in [3.63, 3.8) is 0 Å². The van der Waals surface area contributed by atoms with Crippen LogP contribution in [0.4, 0.5) is 5.69 Å². The third-order valence-corrected chi connectivity index (χ3v) is 3.91. The lowest BCUT2D eigenvalue weighted by atomic mass is 10.1. The number of aromatic hydroxyl groups is 1. The van der Waals surface area contributed by atoms with Gasteiger partial charge in [-0.3, -0.25) is 0 Å². The molecule has 4 N–H and O–H groups in total. The van der Waals surface area contributed by atoms with Gasteiger partial charge in [-0.25, -0.2) is 13.6 Å². The number of benzene rings is 2. The highest BCUT2D eigenvalue weighted by atomic mass is 32.2. The Kier molecular flexibility index (Phi) is 3.96. The van der Waals surface area contributed by atoms with E-state index in [2.05, 4.69) is 5.32 Å². The van der Waals surface area contributed by atoms with Crippen LogP contribution in [0.1, 0.15) is 11.1 Å². The van der Waals surface area contributed by atoms with E-state index in [1.807, 2.05) is 13.0 Å². The van der Waals surface area contributed by atoms with Crippen LogP contribution in [-0.4, -0.2) is 13.5 Å². The van der Waals surface area contributed by atoms with Crippen molar-refractivity contribution in [3.8, 4) is 5.75 Å². The van der Waals surface area contributed by atoms with E-state index < -0.39 is 10.0 Å². The summed E-state index contributed by atoms with van der Waals surface area (Å²) in [4.78, 5) is 0.0582. The zero-order valence-electron chi connectivity index (χ0n) is 11.0. The number of phenolic OH excluding ortho intramolecular Hbond substituents is 1. The first-order valence-corrected chi connectivity index (χ1v) is 7.57. The molecule has 0 saturated heterocycles. The maximum Gasteiger partial charge on any atom is 0.238 e. The van der Waals surface area contributed by atoms with Gasteiger partial charge < -0.3 is 10.4 Å². The van der Waals surface area contributed by atoms with Crippen LogP contribution in [0.3, 0.4) is 0 Å². The molecular weight excluding hydrogens is 276 g/mol. The number of primary sulfonamides is 1. The number of rotatable bonds is 4. The number of hydrogen-bond acceptors (Lipinski definition) is 4. The van der Waals surface area contributed by atoms with Gasteiger partial charge in [0.1, 0.15) is 5.75 Å². The Labute approximate surface area is 118 Å². The molecule has 0 atom stereocenters. The van der Waals surface area contributed by atoms with E-state index >= 15 is 0 Å². The Bertz CT molecular complexity index is 727. The molecular formula is C14H16N2O3S. The molecule has 6 heteroatoms. The SMILES string of the molecule is Cc1ccc(S(N)(=O)=O)cc1NCc1ccccc1O. The van der Waals surface area contributed by atoms with Gasteiger partial charge in [0.05, 0.1) is 4.90 Å². The number of hydrogen-bond donors (Lipinski definition) is 3. The molecule has 0 bridgehead atoms. The fourth-order valence-corrected chi connectivity index (χ4v) is 2.36. The molecule has 2 aromatic carbocycles. The molecule has 0 spiro atoms. The lowest BCUT2D eigenvalue weighted by Gasteiger charge is -2.12. The van der Waals surface area contributed by atoms with Crippen LogP contribution in [-0.2, 0) is 16.6 Å². The van der Waals surface area contributed by atoms with Crippen LogP contribution in [0, 0.1) is 6.92 Å². The van der Waals surface area contributed by atoms with Crippen molar-refractivity contribution < 1.29 is 13.5 Å². The summed E-state index contributed by atoms with van der Waals surface area (Å²) < 4.78 is 22.7. The maximum atomic E-state index is 11.3. The maximum absolute atomic E-state index is 11.3. The van der Waals surface area contributed by atoms with Crippen LogP contribution in [0.15, 0.2) is 47.4 Å².